The zero-order valence-electron chi connectivity index (χ0n) is 15.9. The van der Waals surface area contributed by atoms with E-state index in [9.17, 15) is 9.59 Å². The van der Waals surface area contributed by atoms with Gasteiger partial charge in [-0.05, 0) is 43.7 Å². The van der Waals surface area contributed by atoms with Gasteiger partial charge in [0, 0.05) is 49.7 Å². The summed E-state index contributed by atoms with van der Waals surface area (Å²) in [5.41, 5.74) is 3.34. The molecule has 1 aliphatic rings. The van der Waals surface area contributed by atoms with Crippen LogP contribution < -0.4 is 15.5 Å². The van der Waals surface area contributed by atoms with Crippen LogP contribution >= 0.6 is 0 Å². The minimum atomic E-state index is -0.135. The van der Waals surface area contributed by atoms with Crippen molar-refractivity contribution in [1.29, 1.82) is 0 Å². The Morgan fingerprint density at radius 2 is 1.70 bits per heavy atom. The summed E-state index contributed by atoms with van der Waals surface area (Å²) in [4.78, 5) is 28.8. The number of carbonyl (C=O) groups is 2. The van der Waals surface area contributed by atoms with Gasteiger partial charge in [0.15, 0.2) is 0 Å². The Hall–Kier alpha value is -3.02. The van der Waals surface area contributed by atoms with Gasteiger partial charge in [0.2, 0.25) is 0 Å². The lowest BCUT2D eigenvalue weighted by atomic mass is 10.1. The van der Waals surface area contributed by atoms with Gasteiger partial charge < -0.3 is 20.4 Å². The number of carbonyl (C=O) groups excluding carboxylic acids is 2. The lowest BCUT2D eigenvalue weighted by Crippen LogP contribution is -2.50. The van der Waals surface area contributed by atoms with E-state index < -0.39 is 0 Å². The summed E-state index contributed by atoms with van der Waals surface area (Å²) in [5.74, 6) is -0.135. The molecule has 0 bridgehead atoms. The smallest absolute Gasteiger partial charge is 0.321 e. The molecular formula is C21H26N4O2. The molecule has 27 heavy (non-hydrogen) atoms. The third kappa shape index (κ3) is 4.58. The fourth-order valence-corrected chi connectivity index (χ4v) is 3.16. The summed E-state index contributed by atoms with van der Waals surface area (Å²) in [6.45, 7) is 7.30. The molecule has 3 amide bonds. The average molecular weight is 366 g/mol. The number of benzene rings is 2. The third-order valence-corrected chi connectivity index (χ3v) is 4.77. The summed E-state index contributed by atoms with van der Waals surface area (Å²) in [6.07, 6.45) is 0. The molecule has 0 aromatic heterocycles. The normalized spacial score (nSPS) is 14.0. The van der Waals surface area contributed by atoms with Crippen molar-refractivity contribution in [3.8, 4) is 0 Å². The van der Waals surface area contributed by atoms with Gasteiger partial charge in [-0.2, -0.15) is 0 Å². The van der Waals surface area contributed by atoms with Crippen LogP contribution in [0.5, 0.6) is 0 Å². The lowest BCUT2D eigenvalue weighted by Gasteiger charge is -2.36. The molecule has 0 atom stereocenters. The number of anilines is 2. The Kier molecular flexibility index (Phi) is 5.96. The van der Waals surface area contributed by atoms with Crippen molar-refractivity contribution in [1.82, 2.24) is 10.2 Å². The van der Waals surface area contributed by atoms with E-state index >= 15 is 0 Å². The molecule has 2 aromatic carbocycles. The highest BCUT2D eigenvalue weighted by Crippen LogP contribution is 2.19. The van der Waals surface area contributed by atoms with Crippen LogP contribution in [0.25, 0.3) is 0 Å². The van der Waals surface area contributed by atoms with Crippen LogP contribution in [0.2, 0.25) is 0 Å². The van der Waals surface area contributed by atoms with E-state index in [1.807, 2.05) is 43.0 Å². The number of rotatable bonds is 4. The minimum absolute atomic E-state index is 0.126. The molecule has 1 heterocycles. The molecule has 6 heteroatoms. The van der Waals surface area contributed by atoms with Gasteiger partial charge >= 0.3 is 6.03 Å². The largest absolute Gasteiger partial charge is 0.368 e. The highest BCUT2D eigenvalue weighted by Gasteiger charge is 2.22. The van der Waals surface area contributed by atoms with E-state index in [0.29, 0.717) is 30.9 Å². The number of nitrogens with one attached hydrogen (secondary N) is 2. The highest BCUT2D eigenvalue weighted by molar-refractivity contribution is 5.97. The van der Waals surface area contributed by atoms with Crippen LogP contribution in [-0.4, -0.2) is 49.6 Å². The SMILES string of the molecule is CCNC(=O)c1ccc(C)c(NC(=O)N2CCN(c3ccccc3)CC2)c1. The van der Waals surface area contributed by atoms with E-state index in [-0.39, 0.29) is 11.9 Å². The second kappa shape index (κ2) is 8.58. The van der Waals surface area contributed by atoms with Crippen LogP contribution in [0.15, 0.2) is 48.5 Å². The minimum Gasteiger partial charge on any atom is -0.368 e. The van der Waals surface area contributed by atoms with Crippen LogP contribution in [0.1, 0.15) is 22.8 Å². The topological polar surface area (TPSA) is 64.7 Å². The molecule has 0 aliphatic carbocycles. The van der Waals surface area contributed by atoms with Crippen molar-refractivity contribution >= 4 is 23.3 Å². The molecule has 0 unspecified atom stereocenters. The number of amides is 3. The fraction of sp³-hybridized carbons (Fsp3) is 0.333. The number of para-hydroxylation sites is 1. The van der Waals surface area contributed by atoms with Crippen LogP contribution in [0.4, 0.5) is 16.2 Å². The molecule has 2 N–H and O–H groups in total. The van der Waals surface area contributed by atoms with Crippen molar-refractivity contribution in [3.05, 3.63) is 59.7 Å². The van der Waals surface area contributed by atoms with Gasteiger partial charge in [0.25, 0.3) is 5.91 Å². The van der Waals surface area contributed by atoms with Gasteiger partial charge in [-0.25, -0.2) is 4.79 Å². The number of hydrogen-bond acceptors (Lipinski definition) is 3. The predicted molar refractivity (Wildman–Crippen MR) is 108 cm³/mol. The molecule has 1 fully saturated rings. The van der Waals surface area contributed by atoms with Crippen LogP contribution in [-0.2, 0) is 0 Å². The second-order valence-electron chi connectivity index (χ2n) is 6.63. The monoisotopic (exact) mass is 366 g/mol. The summed E-state index contributed by atoms with van der Waals surface area (Å²) in [5, 5.41) is 5.74. The fourth-order valence-electron chi connectivity index (χ4n) is 3.16. The van der Waals surface area contributed by atoms with Gasteiger partial charge in [0.05, 0.1) is 0 Å². The van der Waals surface area contributed by atoms with E-state index in [2.05, 4.69) is 27.7 Å². The van der Waals surface area contributed by atoms with E-state index in [4.69, 9.17) is 0 Å². The standard InChI is InChI=1S/C21H26N4O2/c1-3-22-20(26)17-10-9-16(2)19(15-17)23-21(27)25-13-11-24(12-14-25)18-7-5-4-6-8-18/h4-10,15H,3,11-14H2,1-2H3,(H,22,26)(H,23,27). The molecule has 0 saturated carbocycles. The number of urea groups is 1. The molecule has 6 nitrogen and oxygen atoms in total. The maximum Gasteiger partial charge on any atom is 0.321 e. The molecule has 2 aromatic rings. The van der Waals surface area contributed by atoms with Crippen molar-refractivity contribution in [2.75, 3.05) is 42.9 Å². The van der Waals surface area contributed by atoms with Crippen LogP contribution in [0, 0.1) is 6.92 Å². The first kappa shape index (κ1) is 18.8. The maximum absolute atomic E-state index is 12.7. The number of nitrogens with zero attached hydrogens (tertiary/aromatic N) is 2. The summed E-state index contributed by atoms with van der Waals surface area (Å²) in [7, 11) is 0. The van der Waals surface area contributed by atoms with Crippen molar-refractivity contribution in [3.63, 3.8) is 0 Å². The number of piperazine rings is 1. The van der Waals surface area contributed by atoms with Crippen molar-refractivity contribution in [2.45, 2.75) is 13.8 Å². The van der Waals surface area contributed by atoms with Crippen molar-refractivity contribution in [2.24, 2.45) is 0 Å². The third-order valence-electron chi connectivity index (χ3n) is 4.77. The Morgan fingerprint density at radius 1 is 1.00 bits per heavy atom. The second-order valence-corrected chi connectivity index (χ2v) is 6.63. The maximum atomic E-state index is 12.7. The predicted octanol–water partition coefficient (Wildman–Crippen LogP) is 3.10. The molecular weight excluding hydrogens is 340 g/mol. The Labute approximate surface area is 160 Å². The first-order valence-electron chi connectivity index (χ1n) is 9.33. The zero-order chi connectivity index (χ0) is 19.2. The number of hydrogen-bond donors (Lipinski definition) is 2. The summed E-state index contributed by atoms with van der Waals surface area (Å²) >= 11 is 0. The quantitative estimate of drug-likeness (QED) is 0.874. The molecule has 1 saturated heterocycles. The van der Waals surface area contributed by atoms with Gasteiger partial charge in [-0.15, -0.1) is 0 Å². The van der Waals surface area contributed by atoms with Crippen LogP contribution in [0.3, 0.4) is 0 Å². The first-order chi connectivity index (χ1) is 13.1. The highest BCUT2D eigenvalue weighted by atomic mass is 16.2. The molecule has 1 aliphatic heterocycles. The summed E-state index contributed by atoms with van der Waals surface area (Å²) in [6, 6.07) is 15.5. The van der Waals surface area contributed by atoms with E-state index in [0.717, 1.165) is 18.7 Å². The Bertz CT molecular complexity index is 799. The zero-order valence-corrected chi connectivity index (χ0v) is 15.9. The van der Waals surface area contributed by atoms with Crippen molar-refractivity contribution < 1.29 is 9.59 Å². The summed E-state index contributed by atoms with van der Waals surface area (Å²) < 4.78 is 0. The molecule has 3 rings (SSSR count). The van der Waals surface area contributed by atoms with E-state index in [1.165, 1.54) is 5.69 Å². The molecule has 0 spiro atoms. The van der Waals surface area contributed by atoms with Gasteiger partial charge in [-0.1, -0.05) is 24.3 Å². The lowest BCUT2D eigenvalue weighted by molar-refractivity contribution is 0.0956. The molecule has 142 valence electrons. The first-order valence-corrected chi connectivity index (χ1v) is 9.33. The molecule has 0 radical (unpaired) electrons. The van der Waals surface area contributed by atoms with Gasteiger partial charge in [0.1, 0.15) is 0 Å². The van der Waals surface area contributed by atoms with Gasteiger partial charge in [-0.3, -0.25) is 4.79 Å². The number of aryl methyl sites for hydroxylation is 1. The van der Waals surface area contributed by atoms with E-state index in [1.54, 1.807) is 12.1 Å². The average Bonchev–Trinajstić information content (AvgIpc) is 2.70. The Balaban J connectivity index is 1.61. The Morgan fingerprint density at radius 3 is 2.37 bits per heavy atom.